The Balaban J connectivity index is 1.13. The molecule has 1 saturated heterocycles. The summed E-state index contributed by atoms with van der Waals surface area (Å²) in [5.41, 5.74) is -0.586. The normalized spacial score (nSPS) is 31.3. The fraction of sp³-hybridized carbons (Fsp3) is 0.625. The Morgan fingerprint density at radius 1 is 1.05 bits per heavy atom. The average molecular weight is 778 g/mol. The number of hydrogen-bond donors (Lipinski definition) is 3. The molecule has 1 spiro atoms. The number of nitrogens with zero attached hydrogens (tertiary/aromatic N) is 2. The van der Waals surface area contributed by atoms with Crippen LogP contribution in [0.1, 0.15) is 102 Å². The molecular weight excluding hydrogens is 727 g/mol. The number of alkyl carbamates (subject to hydrolysis) is 1. The lowest BCUT2D eigenvalue weighted by Gasteiger charge is -2.36. The van der Waals surface area contributed by atoms with E-state index in [2.05, 4.69) is 15.4 Å². The fourth-order valence-corrected chi connectivity index (χ4v) is 9.78. The number of nitrogens with one attached hydrogen (secondary N) is 3. The Labute approximate surface area is 321 Å². The van der Waals surface area contributed by atoms with Crippen molar-refractivity contribution < 1.29 is 41.8 Å². The lowest BCUT2D eigenvalue weighted by atomic mass is 9.87. The zero-order valence-corrected chi connectivity index (χ0v) is 32.8. The highest BCUT2D eigenvalue weighted by atomic mass is 32.2. The number of sulfonamides is 1. The second-order valence-electron chi connectivity index (χ2n) is 17.1. The molecule has 4 fully saturated rings. The molecule has 3 saturated carbocycles. The van der Waals surface area contributed by atoms with Gasteiger partial charge in [0.25, 0.3) is 5.91 Å². The van der Waals surface area contributed by atoms with E-state index in [0.29, 0.717) is 62.1 Å². The largest absolute Gasteiger partial charge is 0.497 e. The fourth-order valence-electron chi connectivity index (χ4n) is 8.47. The first-order chi connectivity index (χ1) is 26.1. The molecule has 3 N–H and O–H groups in total. The van der Waals surface area contributed by atoms with Gasteiger partial charge in [0.2, 0.25) is 21.8 Å². The number of hydrogen-bond acceptors (Lipinski definition) is 10. The van der Waals surface area contributed by atoms with Crippen molar-refractivity contribution in [1.29, 1.82) is 0 Å². The first-order valence-corrected chi connectivity index (χ1v) is 21.1. The maximum atomic E-state index is 14.7. The zero-order valence-electron chi connectivity index (χ0n) is 32.0. The van der Waals surface area contributed by atoms with Crippen molar-refractivity contribution in [3.05, 3.63) is 41.6 Å². The van der Waals surface area contributed by atoms with Gasteiger partial charge in [-0.05, 0) is 103 Å². The molecule has 0 bridgehead atoms. The van der Waals surface area contributed by atoms with Crippen LogP contribution in [0.2, 0.25) is 0 Å². The van der Waals surface area contributed by atoms with Crippen molar-refractivity contribution in [2.45, 2.75) is 138 Å². The topological polar surface area (TPSA) is 182 Å². The van der Waals surface area contributed by atoms with Crippen LogP contribution in [0.3, 0.4) is 0 Å². The van der Waals surface area contributed by atoms with E-state index < -0.39 is 73.3 Å². The van der Waals surface area contributed by atoms with E-state index in [0.717, 1.165) is 42.1 Å². The summed E-state index contributed by atoms with van der Waals surface area (Å²) in [5, 5.41) is 6.68. The van der Waals surface area contributed by atoms with Crippen LogP contribution in [-0.2, 0) is 35.6 Å². The molecule has 1 aromatic carbocycles. The second kappa shape index (κ2) is 13.4. The number of carbonyl (C=O) groups is 4. The number of allylic oxidation sites excluding steroid dienone is 1. The lowest BCUT2D eigenvalue weighted by molar-refractivity contribution is -0.141. The predicted octanol–water partition coefficient (Wildman–Crippen LogP) is 4.26. The summed E-state index contributed by atoms with van der Waals surface area (Å²) in [6.45, 7) is 5.38. The molecule has 6 aliphatic rings. The molecule has 15 heteroatoms. The molecule has 14 nitrogen and oxygen atoms in total. The molecule has 8 rings (SSSR count). The van der Waals surface area contributed by atoms with Crippen molar-refractivity contribution in [3.63, 3.8) is 0 Å². The Kier molecular flexibility index (Phi) is 9.12. The van der Waals surface area contributed by atoms with E-state index in [1.54, 1.807) is 14.0 Å². The minimum Gasteiger partial charge on any atom is -0.497 e. The molecule has 0 radical (unpaired) electrons. The minimum atomic E-state index is -3.98. The summed E-state index contributed by atoms with van der Waals surface area (Å²) in [6.07, 6.45) is 10.3. The molecule has 3 aliphatic heterocycles. The van der Waals surface area contributed by atoms with Gasteiger partial charge in [-0.3, -0.25) is 19.1 Å². The summed E-state index contributed by atoms with van der Waals surface area (Å²) in [7, 11) is -2.38. The van der Waals surface area contributed by atoms with Gasteiger partial charge < -0.3 is 29.7 Å². The number of benzene rings is 1. The lowest BCUT2D eigenvalue weighted by Crippen LogP contribution is -2.58. The number of carbonyl (C=O) groups excluding carboxylic acids is 4. The highest BCUT2D eigenvalue weighted by molar-refractivity contribution is 7.91. The van der Waals surface area contributed by atoms with Crippen molar-refractivity contribution in [2.75, 3.05) is 13.7 Å². The summed E-state index contributed by atoms with van der Waals surface area (Å²) in [6, 6.07) is 3.66. The van der Waals surface area contributed by atoms with Gasteiger partial charge in [0.05, 0.1) is 29.6 Å². The van der Waals surface area contributed by atoms with E-state index in [1.165, 1.54) is 4.90 Å². The van der Waals surface area contributed by atoms with Crippen LogP contribution >= 0.6 is 0 Å². The SMILES string of the molecule is COc1ccc2nc(C)c3c(c2c1)CC[C@]1(C[C@H]2C(=O)N[C@]4(C(=O)NS(=O)(=O)C5(C)CC5)C[C@H]4/C=C\CCCCC[C@H](NC(=O)OC4(C)CC4)C(=O)N2C1)O3. The van der Waals surface area contributed by atoms with Crippen molar-refractivity contribution in [3.8, 4) is 11.5 Å². The van der Waals surface area contributed by atoms with E-state index in [9.17, 15) is 27.6 Å². The first-order valence-electron chi connectivity index (χ1n) is 19.6. The van der Waals surface area contributed by atoms with Crippen molar-refractivity contribution in [1.82, 2.24) is 25.2 Å². The molecule has 5 atom stereocenters. The molecule has 4 heterocycles. The van der Waals surface area contributed by atoms with Gasteiger partial charge >= 0.3 is 6.09 Å². The number of pyridine rings is 1. The molecule has 3 aliphatic carbocycles. The number of rotatable bonds is 6. The zero-order chi connectivity index (χ0) is 39.0. The Morgan fingerprint density at radius 2 is 1.84 bits per heavy atom. The maximum Gasteiger partial charge on any atom is 0.408 e. The number of methoxy groups -OCH3 is 1. The highest BCUT2D eigenvalue weighted by Gasteiger charge is 2.64. The number of amides is 4. The average Bonchev–Trinajstić information content (AvgIpc) is 4.10. The molecule has 2 aromatic rings. The number of ether oxygens (including phenoxy) is 3. The van der Waals surface area contributed by atoms with Gasteiger partial charge in [0.1, 0.15) is 40.3 Å². The summed E-state index contributed by atoms with van der Waals surface area (Å²) < 4.78 is 45.7. The minimum absolute atomic E-state index is 0.0547. The van der Waals surface area contributed by atoms with Crippen LogP contribution in [0.5, 0.6) is 11.5 Å². The third-order valence-electron chi connectivity index (χ3n) is 12.8. The smallest absolute Gasteiger partial charge is 0.408 e. The monoisotopic (exact) mass is 777 g/mol. The molecule has 296 valence electrons. The van der Waals surface area contributed by atoms with Crippen LogP contribution < -0.4 is 24.8 Å². The van der Waals surface area contributed by atoms with Crippen molar-refractivity contribution >= 4 is 44.7 Å². The van der Waals surface area contributed by atoms with Gasteiger partial charge in [-0.1, -0.05) is 25.0 Å². The van der Waals surface area contributed by atoms with Gasteiger partial charge in [-0.15, -0.1) is 0 Å². The Bertz CT molecular complexity index is 2100. The second-order valence-corrected chi connectivity index (χ2v) is 19.3. The van der Waals surface area contributed by atoms with Crippen LogP contribution in [0.4, 0.5) is 4.79 Å². The van der Waals surface area contributed by atoms with E-state index >= 15 is 0 Å². The van der Waals surface area contributed by atoms with Crippen molar-refractivity contribution in [2.24, 2.45) is 5.92 Å². The molecule has 4 amide bonds. The van der Waals surface area contributed by atoms with Crippen LogP contribution in [0.25, 0.3) is 10.9 Å². The Hall–Kier alpha value is -4.40. The van der Waals surface area contributed by atoms with Gasteiger partial charge in [-0.25, -0.2) is 18.2 Å². The maximum absolute atomic E-state index is 14.7. The standard InChI is InChI=1S/C40H51N5O9S/c1-24-32-27(28-20-26(52-4)12-13-29(28)41-24)14-15-39(53-32)22-31-33(46)43-40(35(48)44-55(50,51)38(3)18-19-38)21-25(40)10-8-6-5-7-9-11-30(34(47)45(31)23-39)42-36(49)54-37(2)16-17-37/h8,10,12-13,20,25,30-31H,5-7,9,11,14-19,21-23H2,1-4H3,(H,42,49)(H,43,46)(H,44,48)/b10-8-/t25-,30+,31+,39-,40-/m1/s1. The first kappa shape index (κ1) is 37.5. The third kappa shape index (κ3) is 7.01. The highest BCUT2D eigenvalue weighted by Crippen LogP contribution is 2.49. The summed E-state index contributed by atoms with van der Waals surface area (Å²) in [5.74, 6) is -0.937. The number of fused-ring (bicyclic) bond motifs is 5. The predicted molar refractivity (Wildman–Crippen MR) is 202 cm³/mol. The number of aryl methyl sites for hydroxylation is 2. The Morgan fingerprint density at radius 3 is 2.56 bits per heavy atom. The van der Waals surface area contributed by atoms with Crippen LogP contribution in [0, 0.1) is 12.8 Å². The quantitative estimate of drug-likeness (QED) is 0.359. The van der Waals surface area contributed by atoms with Gasteiger partial charge in [-0.2, -0.15) is 0 Å². The summed E-state index contributed by atoms with van der Waals surface area (Å²) in [4.78, 5) is 62.8. The molecule has 55 heavy (non-hydrogen) atoms. The van der Waals surface area contributed by atoms with Gasteiger partial charge in [0.15, 0.2) is 0 Å². The van der Waals surface area contributed by atoms with Crippen LogP contribution in [0.15, 0.2) is 30.4 Å². The van der Waals surface area contributed by atoms with E-state index in [4.69, 9.17) is 19.2 Å². The molecule has 1 aromatic heterocycles. The van der Waals surface area contributed by atoms with Gasteiger partial charge in [0, 0.05) is 23.3 Å². The third-order valence-corrected chi connectivity index (χ3v) is 14.9. The molecular formula is C40H51N5O9S. The molecule has 0 unspecified atom stereocenters. The van der Waals surface area contributed by atoms with E-state index in [1.807, 2.05) is 44.2 Å². The summed E-state index contributed by atoms with van der Waals surface area (Å²) >= 11 is 0. The number of aromatic nitrogens is 1. The van der Waals surface area contributed by atoms with Crippen LogP contribution in [-0.4, -0.2) is 89.3 Å². The van der Waals surface area contributed by atoms with E-state index in [-0.39, 0.29) is 19.4 Å².